The van der Waals surface area contributed by atoms with E-state index in [1.165, 1.54) is 18.2 Å². The van der Waals surface area contributed by atoms with Crippen LogP contribution in [0.25, 0.3) is 0 Å². The lowest BCUT2D eigenvalue weighted by Crippen LogP contribution is -2.12. The van der Waals surface area contributed by atoms with Gasteiger partial charge in [0.05, 0.1) is 17.7 Å². The number of carbonyl (C=O) groups excluding carboxylic acids is 1. The van der Waals surface area contributed by atoms with Gasteiger partial charge in [-0.3, -0.25) is 14.9 Å². The Morgan fingerprint density at radius 1 is 1.07 bits per heavy atom. The number of thiazole rings is 1. The molecule has 0 aliphatic heterocycles. The number of alkyl halides is 3. The standard InChI is InChI=1S/C20H16F3N3O3S/c21-20(22,23)15-3-1-2-4-16(15)24-10-12-5-7-13(8-6-12)18(29)26-19-25-14(11-30-19)9-17(27)28/h1-8,11,24H,9-10H2,(H,27,28)(H,25,26,29). The quantitative estimate of drug-likeness (QED) is 0.502. The number of hydrogen-bond acceptors (Lipinski definition) is 5. The van der Waals surface area contributed by atoms with E-state index < -0.39 is 23.6 Å². The summed E-state index contributed by atoms with van der Waals surface area (Å²) in [4.78, 5) is 27.0. The van der Waals surface area contributed by atoms with Gasteiger partial charge < -0.3 is 10.4 Å². The summed E-state index contributed by atoms with van der Waals surface area (Å²) in [5, 5.41) is 15.9. The number of anilines is 2. The van der Waals surface area contributed by atoms with E-state index in [1.54, 1.807) is 29.6 Å². The van der Waals surface area contributed by atoms with E-state index in [9.17, 15) is 22.8 Å². The zero-order valence-electron chi connectivity index (χ0n) is 15.4. The molecule has 0 aliphatic rings. The Hall–Kier alpha value is -3.40. The van der Waals surface area contributed by atoms with Crippen molar-refractivity contribution in [2.45, 2.75) is 19.1 Å². The Labute approximate surface area is 173 Å². The predicted octanol–water partition coefficient (Wildman–Crippen LogP) is 4.65. The van der Waals surface area contributed by atoms with Crippen LogP contribution in [-0.2, 0) is 23.9 Å². The summed E-state index contributed by atoms with van der Waals surface area (Å²) < 4.78 is 39.1. The highest BCUT2D eigenvalue weighted by Crippen LogP contribution is 2.34. The molecule has 0 saturated carbocycles. The molecule has 0 atom stereocenters. The minimum Gasteiger partial charge on any atom is -0.481 e. The van der Waals surface area contributed by atoms with Crippen LogP contribution in [0.1, 0.15) is 27.2 Å². The van der Waals surface area contributed by atoms with Crippen LogP contribution in [0.5, 0.6) is 0 Å². The fourth-order valence-electron chi connectivity index (χ4n) is 2.63. The number of nitrogens with one attached hydrogen (secondary N) is 2. The second-order valence-corrected chi connectivity index (χ2v) is 7.12. The van der Waals surface area contributed by atoms with E-state index in [2.05, 4.69) is 15.6 Å². The molecule has 0 aliphatic carbocycles. The average Bonchev–Trinajstić information content (AvgIpc) is 3.12. The fraction of sp³-hybridized carbons (Fsp3) is 0.150. The number of carboxylic acids is 1. The molecular weight excluding hydrogens is 419 g/mol. The van der Waals surface area contributed by atoms with Crippen LogP contribution in [0.15, 0.2) is 53.9 Å². The number of hydrogen-bond donors (Lipinski definition) is 3. The van der Waals surface area contributed by atoms with Gasteiger partial charge in [-0.1, -0.05) is 24.3 Å². The zero-order valence-corrected chi connectivity index (χ0v) is 16.2. The van der Waals surface area contributed by atoms with Gasteiger partial charge in [0.15, 0.2) is 5.13 Å². The molecule has 3 aromatic rings. The largest absolute Gasteiger partial charge is 0.481 e. The number of aliphatic carboxylic acids is 1. The number of amides is 1. The second-order valence-electron chi connectivity index (χ2n) is 6.26. The van der Waals surface area contributed by atoms with Gasteiger partial charge >= 0.3 is 12.1 Å². The molecule has 0 spiro atoms. The summed E-state index contributed by atoms with van der Waals surface area (Å²) in [6.45, 7) is 0.153. The van der Waals surface area contributed by atoms with Gasteiger partial charge in [0.25, 0.3) is 5.91 Å². The first-order chi connectivity index (χ1) is 14.2. The molecule has 30 heavy (non-hydrogen) atoms. The highest BCUT2D eigenvalue weighted by molar-refractivity contribution is 7.14. The maximum atomic E-state index is 13.0. The van der Waals surface area contributed by atoms with Gasteiger partial charge in [-0.15, -0.1) is 11.3 Å². The number of aromatic nitrogens is 1. The molecule has 6 nitrogen and oxygen atoms in total. The highest BCUT2D eigenvalue weighted by Gasteiger charge is 2.33. The topological polar surface area (TPSA) is 91.3 Å². The number of nitrogens with zero attached hydrogens (tertiary/aromatic N) is 1. The van der Waals surface area contributed by atoms with E-state index in [1.807, 2.05) is 0 Å². The lowest BCUT2D eigenvalue weighted by Gasteiger charge is -2.14. The Bertz CT molecular complexity index is 1050. The van der Waals surface area contributed by atoms with Crippen molar-refractivity contribution in [3.05, 3.63) is 76.3 Å². The number of para-hydroxylation sites is 1. The number of benzene rings is 2. The maximum absolute atomic E-state index is 13.0. The van der Waals surface area contributed by atoms with Crippen molar-refractivity contribution in [2.24, 2.45) is 0 Å². The molecule has 0 saturated heterocycles. The Kier molecular flexibility index (Phi) is 6.36. The molecule has 0 radical (unpaired) electrons. The van der Waals surface area contributed by atoms with E-state index in [4.69, 9.17) is 5.11 Å². The predicted molar refractivity (Wildman–Crippen MR) is 107 cm³/mol. The summed E-state index contributed by atoms with van der Waals surface area (Å²) in [6.07, 6.45) is -4.68. The van der Waals surface area contributed by atoms with Crippen LogP contribution in [0.3, 0.4) is 0 Å². The van der Waals surface area contributed by atoms with Crippen LogP contribution < -0.4 is 10.6 Å². The summed E-state index contributed by atoms with van der Waals surface area (Å²) in [6, 6.07) is 11.6. The first kappa shape index (κ1) is 21.3. The van der Waals surface area contributed by atoms with Crippen molar-refractivity contribution in [3.8, 4) is 0 Å². The summed E-state index contributed by atoms with van der Waals surface area (Å²) in [7, 11) is 0. The molecule has 0 unspecified atom stereocenters. The summed E-state index contributed by atoms with van der Waals surface area (Å²) in [5.41, 5.74) is 0.619. The van der Waals surface area contributed by atoms with Gasteiger partial charge in [0, 0.05) is 23.2 Å². The van der Waals surface area contributed by atoms with Crippen LogP contribution in [-0.4, -0.2) is 22.0 Å². The Balaban J connectivity index is 1.61. The lowest BCUT2D eigenvalue weighted by molar-refractivity contribution is -0.137. The third kappa shape index (κ3) is 5.57. The number of halogens is 3. The van der Waals surface area contributed by atoms with Crippen molar-refractivity contribution >= 4 is 34.0 Å². The average molecular weight is 435 g/mol. The van der Waals surface area contributed by atoms with Crippen molar-refractivity contribution < 1.29 is 27.9 Å². The smallest absolute Gasteiger partial charge is 0.418 e. The first-order valence-electron chi connectivity index (χ1n) is 8.69. The number of rotatable bonds is 7. The normalized spacial score (nSPS) is 11.2. The first-order valence-corrected chi connectivity index (χ1v) is 9.57. The second kappa shape index (κ2) is 8.95. The molecular formula is C20H16F3N3O3S. The van der Waals surface area contributed by atoms with Gasteiger partial charge in [-0.25, -0.2) is 4.98 Å². The molecule has 1 aromatic heterocycles. The Morgan fingerprint density at radius 3 is 2.43 bits per heavy atom. The van der Waals surface area contributed by atoms with E-state index in [0.717, 1.165) is 17.4 Å². The molecule has 0 fully saturated rings. The molecule has 156 valence electrons. The monoisotopic (exact) mass is 435 g/mol. The van der Waals surface area contributed by atoms with Crippen molar-refractivity contribution in [2.75, 3.05) is 10.6 Å². The molecule has 2 aromatic carbocycles. The maximum Gasteiger partial charge on any atom is 0.418 e. The molecule has 0 bridgehead atoms. The van der Waals surface area contributed by atoms with Gasteiger partial charge in [-0.05, 0) is 29.8 Å². The van der Waals surface area contributed by atoms with Crippen LogP contribution in [0.4, 0.5) is 24.0 Å². The van der Waals surface area contributed by atoms with Crippen molar-refractivity contribution in [1.82, 2.24) is 4.98 Å². The van der Waals surface area contributed by atoms with Gasteiger partial charge in [0.2, 0.25) is 0 Å². The van der Waals surface area contributed by atoms with Crippen molar-refractivity contribution in [1.29, 1.82) is 0 Å². The molecule has 1 amide bonds. The minimum absolute atomic E-state index is 0.0206. The third-order valence-electron chi connectivity index (χ3n) is 4.04. The van der Waals surface area contributed by atoms with Crippen molar-refractivity contribution in [3.63, 3.8) is 0 Å². The molecule has 10 heteroatoms. The zero-order chi connectivity index (χ0) is 21.7. The minimum atomic E-state index is -4.45. The van der Waals surface area contributed by atoms with E-state index >= 15 is 0 Å². The summed E-state index contributed by atoms with van der Waals surface area (Å²) in [5.74, 6) is -1.44. The fourth-order valence-corrected chi connectivity index (χ4v) is 3.33. The Morgan fingerprint density at radius 2 is 1.77 bits per heavy atom. The van der Waals surface area contributed by atoms with Gasteiger partial charge in [0.1, 0.15) is 0 Å². The number of carbonyl (C=O) groups is 2. The molecule has 3 N–H and O–H groups in total. The summed E-state index contributed by atoms with van der Waals surface area (Å²) >= 11 is 1.12. The van der Waals surface area contributed by atoms with E-state index in [-0.39, 0.29) is 23.8 Å². The highest BCUT2D eigenvalue weighted by atomic mass is 32.1. The third-order valence-corrected chi connectivity index (χ3v) is 4.84. The van der Waals surface area contributed by atoms with E-state index in [0.29, 0.717) is 16.8 Å². The number of carboxylic acid groups (broad SMARTS) is 1. The molecule has 1 heterocycles. The van der Waals surface area contributed by atoms with Crippen LogP contribution in [0, 0.1) is 0 Å². The van der Waals surface area contributed by atoms with Crippen LogP contribution >= 0.6 is 11.3 Å². The SMILES string of the molecule is O=C(O)Cc1csc(NC(=O)c2ccc(CNc3ccccc3C(F)(F)F)cc2)n1. The van der Waals surface area contributed by atoms with Crippen LogP contribution in [0.2, 0.25) is 0 Å². The molecule has 3 rings (SSSR count). The van der Waals surface area contributed by atoms with Gasteiger partial charge in [-0.2, -0.15) is 13.2 Å². The lowest BCUT2D eigenvalue weighted by atomic mass is 10.1.